The molecule has 0 amide bonds. The molecular weight excluding hydrogens is 188 g/mol. The van der Waals surface area contributed by atoms with Gasteiger partial charge in [0.2, 0.25) is 0 Å². The van der Waals surface area contributed by atoms with Crippen LogP contribution in [0.2, 0.25) is 0 Å². The smallest absolute Gasteiger partial charge is 0.304 e. The van der Waals surface area contributed by atoms with Crippen molar-refractivity contribution in [3.8, 4) is 24.7 Å². The maximum atomic E-state index is 9.66. The van der Waals surface area contributed by atoms with Gasteiger partial charge in [-0.1, -0.05) is 26.2 Å². The molecule has 2 nitrogen and oxygen atoms in total. The molecule has 0 saturated carbocycles. The van der Waals surface area contributed by atoms with E-state index in [1.165, 1.54) is 25.7 Å². The van der Waals surface area contributed by atoms with Crippen LogP contribution < -0.4 is 0 Å². The number of carboxylic acids is 1. The lowest BCUT2D eigenvalue weighted by Gasteiger charge is -1.90. The Bertz CT molecular complexity index is 218. The second kappa shape index (κ2) is 15.1. The minimum atomic E-state index is -0.835. The third kappa shape index (κ3) is 24.5. The Morgan fingerprint density at radius 2 is 1.73 bits per heavy atom. The minimum Gasteiger partial charge on any atom is -0.481 e. The second-order valence-electron chi connectivity index (χ2n) is 3.11. The van der Waals surface area contributed by atoms with Crippen molar-refractivity contribution in [1.82, 2.24) is 0 Å². The molecule has 2 heteroatoms. The quantitative estimate of drug-likeness (QED) is 0.538. The summed E-state index contributed by atoms with van der Waals surface area (Å²) in [5.41, 5.74) is 0. The van der Waals surface area contributed by atoms with Crippen molar-refractivity contribution >= 4 is 5.97 Å². The molecule has 0 heterocycles. The van der Waals surface area contributed by atoms with Crippen LogP contribution >= 0.6 is 0 Å². The highest BCUT2D eigenvalue weighted by atomic mass is 16.4. The summed E-state index contributed by atoms with van der Waals surface area (Å²) in [6.07, 6.45) is 16.3. The number of terminal acetylenes is 2. The van der Waals surface area contributed by atoms with Gasteiger partial charge in [0.05, 0.1) is 6.42 Å². The normalized spacial score (nSPS) is 7.93. The third-order valence-corrected chi connectivity index (χ3v) is 1.66. The molecule has 15 heavy (non-hydrogen) atoms. The molecule has 1 N–H and O–H groups in total. The summed E-state index contributed by atoms with van der Waals surface area (Å²) in [7, 11) is 0. The lowest BCUT2D eigenvalue weighted by Crippen LogP contribution is -1.91. The number of carbonyl (C=O) groups is 1. The summed E-state index contributed by atoms with van der Waals surface area (Å²) in [5, 5.41) is 7.95. The monoisotopic (exact) mass is 208 g/mol. The van der Waals surface area contributed by atoms with Gasteiger partial charge in [0, 0.05) is 12.8 Å². The zero-order valence-electron chi connectivity index (χ0n) is 9.46. The Balaban J connectivity index is 0. The first-order valence-corrected chi connectivity index (χ1v) is 5.27. The topological polar surface area (TPSA) is 37.3 Å². The number of unbranched alkanes of at least 4 members (excludes halogenated alkanes) is 4. The lowest BCUT2D eigenvalue weighted by atomic mass is 10.2. The van der Waals surface area contributed by atoms with Gasteiger partial charge in [0.15, 0.2) is 0 Å². The standard InChI is InChI=1S/C8H14.C5H6O2/c1-3-5-7-8-6-4-2;1-2-3-4-5(6)7/h1H,4-8H2,2H3;1H,3-4H2,(H,6,7). The summed E-state index contributed by atoms with van der Waals surface area (Å²) in [4.78, 5) is 9.66. The van der Waals surface area contributed by atoms with Crippen LogP contribution in [0.15, 0.2) is 0 Å². The first-order valence-electron chi connectivity index (χ1n) is 5.27. The first-order chi connectivity index (χ1) is 7.18. The molecule has 0 aromatic carbocycles. The van der Waals surface area contributed by atoms with E-state index in [1.54, 1.807) is 0 Å². The van der Waals surface area contributed by atoms with Gasteiger partial charge in [0.25, 0.3) is 0 Å². The molecule has 0 aliphatic heterocycles. The van der Waals surface area contributed by atoms with Crippen LogP contribution in [0.1, 0.15) is 51.9 Å². The van der Waals surface area contributed by atoms with Crippen LogP contribution in [-0.4, -0.2) is 11.1 Å². The molecule has 0 aromatic rings. The lowest BCUT2D eigenvalue weighted by molar-refractivity contribution is -0.136. The molecule has 0 spiro atoms. The van der Waals surface area contributed by atoms with Gasteiger partial charge < -0.3 is 5.11 Å². The summed E-state index contributed by atoms with van der Waals surface area (Å²) < 4.78 is 0. The van der Waals surface area contributed by atoms with Crippen LogP contribution in [0, 0.1) is 24.7 Å². The molecule has 0 unspecified atom stereocenters. The molecule has 0 bridgehead atoms. The highest BCUT2D eigenvalue weighted by Gasteiger charge is 1.89. The van der Waals surface area contributed by atoms with Crippen molar-refractivity contribution in [3.63, 3.8) is 0 Å². The highest BCUT2D eigenvalue weighted by molar-refractivity contribution is 5.66. The van der Waals surface area contributed by atoms with Crippen molar-refractivity contribution in [2.24, 2.45) is 0 Å². The fourth-order valence-electron chi connectivity index (χ4n) is 0.833. The maximum absolute atomic E-state index is 9.66. The van der Waals surface area contributed by atoms with E-state index < -0.39 is 5.97 Å². The third-order valence-electron chi connectivity index (χ3n) is 1.66. The molecule has 0 aromatic heterocycles. The Hall–Kier alpha value is -1.41. The number of rotatable bonds is 6. The summed E-state index contributed by atoms with van der Waals surface area (Å²) in [6.45, 7) is 2.20. The van der Waals surface area contributed by atoms with E-state index in [4.69, 9.17) is 18.0 Å². The summed E-state index contributed by atoms with van der Waals surface area (Å²) in [5.74, 6) is 4.01. The molecule has 0 aliphatic rings. The number of hydrogen-bond donors (Lipinski definition) is 1. The minimum absolute atomic E-state index is 0.0799. The number of hydrogen-bond acceptors (Lipinski definition) is 1. The summed E-state index contributed by atoms with van der Waals surface area (Å²) in [6, 6.07) is 0. The Labute approximate surface area is 93.1 Å². The van der Waals surface area contributed by atoms with E-state index in [0.29, 0.717) is 6.42 Å². The fraction of sp³-hybridized carbons (Fsp3) is 0.615. The SMILES string of the molecule is C#CCCC(=O)O.C#CCCCCCC. The van der Waals surface area contributed by atoms with Crippen LogP contribution in [0.4, 0.5) is 0 Å². The van der Waals surface area contributed by atoms with Crippen molar-refractivity contribution < 1.29 is 9.90 Å². The van der Waals surface area contributed by atoms with Gasteiger partial charge in [0.1, 0.15) is 0 Å². The van der Waals surface area contributed by atoms with Gasteiger partial charge in [-0.15, -0.1) is 24.7 Å². The van der Waals surface area contributed by atoms with Crippen LogP contribution in [-0.2, 0) is 4.79 Å². The van der Waals surface area contributed by atoms with E-state index >= 15 is 0 Å². The average Bonchev–Trinajstić information content (AvgIpc) is 2.22. The van der Waals surface area contributed by atoms with Crippen molar-refractivity contribution in [2.75, 3.05) is 0 Å². The van der Waals surface area contributed by atoms with E-state index in [-0.39, 0.29) is 6.42 Å². The molecule has 84 valence electrons. The van der Waals surface area contributed by atoms with Crippen LogP contribution in [0.3, 0.4) is 0 Å². The molecular formula is C13H20O2. The van der Waals surface area contributed by atoms with Crippen molar-refractivity contribution in [1.29, 1.82) is 0 Å². The number of aliphatic carboxylic acids is 1. The summed E-state index contributed by atoms with van der Waals surface area (Å²) >= 11 is 0. The number of carboxylic acid groups (broad SMARTS) is 1. The largest absolute Gasteiger partial charge is 0.481 e. The fourth-order valence-corrected chi connectivity index (χ4v) is 0.833. The molecule has 0 fully saturated rings. The zero-order valence-corrected chi connectivity index (χ0v) is 9.46. The molecule has 0 atom stereocenters. The van der Waals surface area contributed by atoms with Gasteiger partial charge in [-0.3, -0.25) is 4.79 Å². The van der Waals surface area contributed by atoms with Gasteiger partial charge in [-0.05, 0) is 6.42 Å². The second-order valence-corrected chi connectivity index (χ2v) is 3.11. The average molecular weight is 208 g/mol. The van der Waals surface area contributed by atoms with E-state index in [0.717, 1.165) is 6.42 Å². The van der Waals surface area contributed by atoms with E-state index in [9.17, 15) is 4.79 Å². The predicted octanol–water partition coefficient (Wildman–Crippen LogP) is 3.07. The van der Waals surface area contributed by atoms with Gasteiger partial charge in [-0.2, -0.15) is 0 Å². The molecule has 0 aliphatic carbocycles. The van der Waals surface area contributed by atoms with Gasteiger partial charge in [-0.25, -0.2) is 0 Å². The predicted molar refractivity (Wildman–Crippen MR) is 63.3 cm³/mol. The molecule has 0 radical (unpaired) electrons. The Morgan fingerprint density at radius 1 is 1.13 bits per heavy atom. The van der Waals surface area contributed by atoms with Crippen molar-refractivity contribution in [2.45, 2.75) is 51.9 Å². The maximum Gasteiger partial charge on any atom is 0.304 e. The first kappa shape index (κ1) is 16.0. The molecule has 0 rings (SSSR count). The van der Waals surface area contributed by atoms with E-state index in [2.05, 4.69) is 18.8 Å². The van der Waals surface area contributed by atoms with E-state index in [1.807, 2.05) is 0 Å². The van der Waals surface area contributed by atoms with Crippen LogP contribution in [0.5, 0.6) is 0 Å². The zero-order chi connectivity index (χ0) is 11.9. The highest BCUT2D eigenvalue weighted by Crippen LogP contribution is 2.00. The molecule has 0 saturated heterocycles. The Morgan fingerprint density at radius 3 is 2.07 bits per heavy atom. The van der Waals surface area contributed by atoms with Gasteiger partial charge >= 0.3 is 5.97 Å². The Kier molecular flexibility index (Phi) is 16.1. The van der Waals surface area contributed by atoms with Crippen LogP contribution in [0.25, 0.3) is 0 Å². The van der Waals surface area contributed by atoms with Crippen molar-refractivity contribution in [3.05, 3.63) is 0 Å².